The van der Waals surface area contributed by atoms with Crippen LogP contribution in [0.25, 0.3) is 67.3 Å². The summed E-state index contributed by atoms with van der Waals surface area (Å²) in [5.74, 6) is 0.706. The molecule has 8 aromatic rings. The molecule has 0 radical (unpaired) electrons. The van der Waals surface area contributed by atoms with Crippen molar-refractivity contribution < 1.29 is 0 Å². The zero-order valence-electron chi connectivity index (χ0n) is 26.6. The number of benzene rings is 6. The van der Waals surface area contributed by atoms with Crippen LogP contribution in [0.4, 0.5) is 0 Å². The fourth-order valence-corrected chi connectivity index (χ4v) is 8.01. The van der Waals surface area contributed by atoms with Crippen molar-refractivity contribution in [3.05, 3.63) is 198 Å². The van der Waals surface area contributed by atoms with E-state index in [0.717, 1.165) is 50.5 Å². The topological polar surface area (TPSA) is 38.7 Å². The van der Waals surface area contributed by atoms with Crippen molar-refractivity contribution in [1.82, 2.24) is 15.0 Å². The number of hydrogen-bond acceptors (Lipinski definition) is 3. The molecule has 10 rings (SSSR count). The highest BCUT2D eigenvalue weighted by atomic mass is 14.9. The third-order valence-corrected chi connectivity index (χ3v) is 10.1. The summed E-state index contributed by atoms with van der Waals surface area (Å²) >= 11 is 0. The molecule has 2 aliphatic rings. The summed E-state index contributed by atoms with van der Waals surface area (Å²) in [5, 5.41) is 0. The molecular weight excluding hydrogens is 595 g/mol. The minimum absolute atomic E-state index is 0.509. The molecule has 228 valence electrons. The Balaban J connectivity index is 1.15. The second kappa shape index (κ2) is 10.8. The number of hydrogen-bond donors (Lipinski definition) is 0. The first kappa shape index (κ1) is 27.6. The van der Waals surface area contributed by atoms with Gasteiger partial charge in [-0.3, -0.25) is 0 Å². The standard InChI is InChI=1S/C46H29N3/c1-3-14-30(15-4-1)34-27-42(31-16-5-2-6-17-31)48-43(28-34)32-18-13-19-33(26-32)45-47-29-38-37-22-9-12-25-41(37)46(44(38)49-45)39-23-10-7-20-35(39)36-21-8-11-24-40(36)46/h1-29H. The van der Waals surface area contributed by atoms with E-state index in [9.17, 15) is 0 Å². The SMILES string of the molecule is c1ccc(-c2cc(-c3ccccc3)nc(-c3cccc(-c4ncc5c(n4)C4(c6ccccc6-c6ccccc64)c4ccccc4-5)c3)c2)cc1. The summed E-state index contributed by atoms with van der Waals surface area (Å²) in [6.45, 7) is 0. The van der Waals surface area contributed by atoms with E-state index in [1.807, 2.05) is 12.3 Å². The van der Waals surface area contributed by atoms with Gasteiger partial charge in [0, 0.05) is 28.5 Å². The Bertz CT molecular complexity index is 2430. The van der Waals surface area contributed by atoms with Gasteiger partial charge in [0.2, 0.25) is 0 Å². The third-order valence-electron chi connectivity index (χ3n) is 10.1. The zero-order chi connectivity index (χ0) is 32.4. The molecule has 3 nitrogen and oxygen atoms in total. The predicted molar refractivity (Wildman–Crippen MR) is 198 cm³/mol. The van der Waals surface area contributed by atoms with Crippen molar-refractivity contribution in [3.63, 3.8) is 0 Å². The minimum atomic E-state index is -0.509. The van der Waals surface area contributed by atoms with Crippen LogP contribution in [0, 0.1) is 0 Å². The van der Waals surface area contributed by atoms with Gasteiger partial charge in [-0.1, -0.05) is 152 Å². The molecule has 0 saturated carbocycles. The molecule has 0 N–H and O–H groups in total. The first-order valence-electron chi connectivity index (χ1n) is 16.7. The van der Waals surface area contributed by atoms with Gasteiger partial charge in [0.15, 0.2) is 5.82 Å². The summed E-state index contributed by atoms with van der Waals surface area (Å²) in [7, 11) is 0. The Morgan fingerprint density at radius 1 is 0.347 bits per heavy atom. The lowest BCUT2D eigenvalue weighted by Crippen LogP contribution is -2.27. The number of rotatable bonds is 4. The maximum absolute atomic E-state index is 5.50. The lowest BCUT2D eigenvalue weighted by atomic mass is 9.72. The smallest absolute Gasteiger partial charge is 0.159 e. The summed E-state index contributed by atoms with van der Waals surface area (Å²) in [4.78, 5) is 15.7. The minimum Gasteiger partial charge on any atom is -0.248 e. The molecule has 0 aliphatic heterocycles. The highest BCUT2D eigenvalue weighted by Crippen LogP contribution is 2.62. The molecular formula is C46H29N3. The molecule has 0 bridgehead atoms. The Kier molecular flexibility index (Phi) is 6.09. The maximum Gasteiger partial charge on any atom is 0.159 e. The molecule has 0 fully saturated rings. The van der Waals surface area contributed by atoms with Crippen LogP contribution in [0.3, 0.4) is 0 Å². The van der Waals surface area contributed by atoms with Crippen molar-refractivity contribution in [2.45, 2.75) is 5.41 Å². The fraction of sp³-hybridized carbons (Fsp3) is 0.0217. The molecule has 2 aliphatic carbocycles. The van der Waals surface area contributed by atoms with E-state index in [-0.39, 0.29) is 0 Å². The Morgan fingerprint density at radius 2 is 0.837 bits per heavy atom. The average Bonchev–Trinajstić information content (AvgIpc) is 3.66. The Labute approximate surface area is 285 Å². The Morgan fingerprint density at radius 3 is 1.47 bits per heavy atom. The predicted octanol–water partition coefficient (Wildman–Crippen LogP) is 10.9. The van der Waals surface area contributed by atoms with Crippen LogP contribution in [0.2, 0.25) is 0 Å². The first-order chi connectivity index (χ1) is 24.3. The molecule has 0 unspecified atom stereocenters. The molecule has 0 atom stereocenters. The van der Waals surface area contributed by atoms with Gasteiger partial charge in [-0.15, -0.1) is 0 Å². The lowest BCUT2D eigenvalue weighted by Gasteiger charge is -2.29. The second-order valence-corrected chi connectivity index (χ2v) is 12.8. The molecule has 2 aromatic heterocycles. The van der Waals surface area contributed by atoms with E-state index in [2.05, 4.69) is 164 Å². The zero-order valence-corrected chi connectivity index (χ0v) is 26.6. The summed E-state index contributed by atoms with van der Waals surface area (Å²) in [5.41, 5.74) is 16.3. The number of nitrogens with zero attached hydrogens (tertiary/aromatic N) is 3. The van der Waals surface area contributed by atoms with Gasteiger partial charge in [-0.2, -0.15) is 0 Å². The first-order valence-corrected chi connectivity index (χ1v) is 16.7. The molecule has 6 aromatic carbocycles. The van der Waals surface area contributed by atoms with Crippen LogP contribution in [-0.4, -0.2) is 15.0 Å². The summed E-state index contributed by atoms with van der Waals surface area (Å²) < 4.78 is 0. The summed E-state index contributed by atoms with van der Waals surface area (Å²) in [6.07, 6.45) is 2.03. The van der Waals surface area contributed by atoms with Gasteiger partial charge >= 0.3 is 0 Å². The third kappa shape index (κ3) is 4.12. The molecule has 2 heterocycles. The lowest BCUT2D eigenvalue weighted by molar-refractivity contribution is 0.758. The Hall–Kier alpha value is -6.45. The van der Waals surface area contributed by atoms with Crippen LogP contribution in [0.5, 0.6) is 0 Å². The van der Waals surface area contributed by atoms with Gasteiger partial charge in [0.25, 0.3) is 0 Å². The van der Waals surface area contributed by atoms with Crippen molar-refractivity contribution in [2.24, 2.45) is 0 Å². The summed E-state index contributed by atoms with van der Waals surface area (Å²) in [6, 6.07) is 60.1. The van der Waals surface area contributed by atoms with Gasteiger partial charge < -0.3 is 0 Å². The molecule has 0 saturated heterocycles. The van der Waals surface area contributed by atoms with E-state index >= 15 is 0 Å². The van der Waals surface area contributed by atoms with Crippen molar-refractivity contribution in [3.8, 4) is 67.3 Å². The monoisotopic (exact) mass is 623 g/mol. The van der Waals surface area contributed by atoms with Crippen molar-refractivity contribution >= 4 is 0 Å². The highest BCUT2D eigenvalue weighted by molar-refractivity contribution is 5.94. The van der Waals surface area contributed by atoms with E-state index < -0.39 is 5.41 Å². The number of fused-ring (bicyclic) bond motifs is 10. The van der Waals surface area contributed by atoms with E-state index in [4.69, 9.17) is 15.0 Å². The van der Waals surface area contributed by atoms with E-state index in [1.54, 1.807) is 0 Å². The van der Waals surface area contributed by atoms with Gasteiger partial charge in [0.05, 0.1) is 22.5 Å². The molecule has 0 amide bonds. The average molecular weight is 624 g/mol. The van der Waals surface area contributed by atoms with E-state index in [1.165, 1.54) is 33.4 Å². The van der Waals surface area contributed by atoms with Gasteiger partial charge in [0.1, 0.15) is 0 Å². The van der Waals surface area contributed by atoms with Crippen molar-refractivity contribution in [2.75, 3.05) is 0 Å². The fourth-order valence-electron chi connectivity index (χ4n) is 8.01. The van der Waals surface area contributed by atoms with Crippen LogP contribution in [-0.2, 0) is 5.41 Å². The highest BCUT2D eigenvalue weighted by Gasteiger charge is 2.53. The van der Waals surface area contributed by atoms with E-state index in [0.29, 0.717) is 5.82 Å². The molecule has 49 heavy (non-hydrogen) atoms. The van der Waals surface area contributed by atoms with Crippen LogP contribution < -0.4 is 0 Å². The number of pyridine rings is 1. The molecule has 1 spiro atoms. The number of aromatic nitrogens is 3. The largest absolute Gasteiger partial charge is 0.248 e. The normalized spacial score (nSPS) is 13.1. The maximum atomic E-state index is 5.50. The second-order valence-electron chi connectivity index (χ2n) is 12.8. The quantitative estimate of drug-likeness (QED) is 0.196. The van der Waals surface area contributed by atoms with Crippen molar-refractivity contribution in [1.29, 1.82) is 0 Å². The van der Waals surface area contributed by atoms with Crippen LogP contribution >= 0.6 is 0 Å². The van der Waals surface area contributed by atoms with Crippen LogP contribution in [0.15, 0.2) is 176 Å². The van der Waals surface area contributed by atoms with Gasteiger partial charge in [-0.25, -0.2) is 15.0 Å². The van der Waals surface area contributed by atoms with Crippen LogP contribution in [0.1, 0.15) is 22.4 Å². The molecule has 3 heteroatoms. The van der Waals surface area contributed by atoms with Gasteiger partial charge in [-0.05, 0) is 62.7 Å².